The Morgan fingerprint density at radius 1 is 1.19 bits per heavy atom. The van der Waals surface area contributed by atoms with Gasteiger partial charge in [-0.25, -0.2) is 4.79 Å². The zero-order chi connectivity index (χ0) is 19.3. The van der Waals surface area contributed by atoms with Gasteiger partial charge in [0.15, 0.2) is 0 Å². The molecule has 0 spiro atoms. The van der Waals surface area contributed by atoms with E-state index in [0.29, 0.717) is 18.7 Å². The highest BCUT2D eigenvalue weighted by Gasteiger charge is 2.34. The molecule has 1 fully saturated rings. The van der Waals surface area contributed by atoms with Gasteiger partial charge in [0, 0.05) is 12.2 Å². The van der Waals surface area contributed by atoms with Crippen LogP contribution in [0.2, 0.25) is 0 Å². The van der Waals surface area contributed by atoms with Crippen molar-refractivity contribution in [2.24, 2.45) is 5.73 Å². The number of hydrogen-bond acceptors (Lipinski definition) is 4. The van der Waals surface area contributed by atoms with Crippen molar-refractivity contribution in [1.82, 2.24) is 4.90 Å². The molecular formula is C19H27N3O4. The molecule has 0 unspecified atom stereocenters. The van der Waals surface area contributed by atoms with E-state index in [1.807, 2.05) is 0 Å². The normalized spacial score (nSPS) is 17.5. The first kappa shape index (κ1) is 19.8. The summed E-state index contributed by atoms with van der Waals surface area (Å²) in [5.41, 5.74) is 5.95. The minimum atomic E-state index is -0.605. The Kier molecular flexibility index (Phi) is 6.23. The van der Waals surface area contributed by atoms with Crippen LogP contribution in [0.3, 0.4) is 0 Å². The standard InChI is InChI=1S/C19H27N3O4/c1-19(2,3)26-18(25)22-11-5-4-6-15(22)17(24)21-14-9-7-13(8-10-14)12-16(20)23/h7-10,15H,4-6,11-12H2,1-3H3,(H2,20,23)(H,21,24)/t15-/m1/s1. The number of nitrogens with one attached hydrogen (secondary N) is 1. The van der Waals surface area contributed by atoms with Crippen LogP contribution < -0.4 is 11.1 Å². The molecule has 1 aliphatic heterocycles. The molecular weight excluding hydrogens is 334 g/mol. The Bertz CT molecular complexity index is 664. The first-order valence-corrected chi connectivity index (χ1v) is 8.83. The van der Waals surface area contributed by atoms with Crippen LogP contribution in [-0.2, 0) is 20.7 Å². The molecule has 0 bridgehead atoms. The molecule has 7 nitrogen and oxygen atoms in total. The van der Waals surface area contributed by atoms with Gasteiger partial charge in [0.1, 0.15) is 11.6 Å². The fourth-order valence-electron chi connectivity index (χ4n) is 2.88. The summed E-state index contributed by atoms with van der Waals surface area (Å²) in [6, 6.07) is 6.37. The second-order valence-electron chi connectivity index (χ2n) is 7.51. The maximum absolute atomic E-state index is 12.7. The molecule has 1 heterocycles. The van der Waals surface area contributed by atoms with Crippen LogP contribution in [0.15, 0.2) is 24.3 Å². The lowest BCUT2D eigenvalue weighted by Gasteiger charge is -2.35. The Hall–Kier alpha value is -2.57. The van der Waals surface area contributed by atoms with E-state index in [-0.39, 0.29) is 12.3 Å². The lowest BCUT2D eigenvalue weighted by Crippen LogP contribution is -2.51. The Balaban J connectivity index is 2.03. The highest BCUT2D eigenvalue weighted by atomic mass is 16.6. The fraction of sp³-hybridized carbons (Fsp3) is 0.526. The first-order chi connectivity index (χ1) is 12.2. The number of rotatable bonds is 4. The Morgan fingerprint density at radius 3 is 2.42 bits per heavy atom. The number of carbonyl (C=O) groups is 3. The molecule has 7 heteroatoms. The van der Waals surface area contributed by atoms with Gasteiger partial charge in [-0.2, -0.15) is 0 Å². The van der Waals surface area contributed by atoms with E-state index in [2.05, 4.69) is 5.32 Å². The molecule has 1 aromatic rings. The maximum Gasteiger partial charge on any atom is 0.410 e. The van der Waals surface area contributed by atoms with Crippen molar-refractivity contribution < 1.29 is 19.1 Å². The molecule has 1 atom stereocenters. The fourth-order valence-corrected chi connectivity index (χ4v) is 2.88. The summed E-state index contributed by atoms with van der Waals surface area (Å²) in [6.07, 6.45) is 2.03. The molecule has 3 N–H and O–H groups in total. The van der Waals surface area contributed by atoms with E-state index < -0.39 is 23.6 Å². The maximum atomic E-state index is 12.7. The van der Waals surface area contributed by atoms with Gasteiger partial charge in [-0.15, -0.1) is 0 Å². The van der Waals surface area contributed by atoms with Gasteiger partial charge >= 0.3 is 6.09 Å². The zero-order valence-corrected chi connectivity index (χ0v) is 15.6. The topological polar surface area (TPSA) is 102 Å². The summed E-state index contributed by atoms with van der Waals surface area (Å²) in [5, 5.41) is 2.84. The van der Waals surface area contributed by atoms with E-state index >= 15 is 0 Å². The lowest BCUT2D eigenvalue weighted by atomic mass is 10.0. The number of benzene rings is 1. The van der Waals surface area contributed by atoms with Crippen LogP contribution in [0.25, 0.3) is 0 Å². The quantitative estimate of drug-likeness (QED) is 0.860. The first-order valence-electron chi connectivity index (χ1n) is 8.83. The van der Waals surface area contributed by atoms with E-state index in [4.69, 9.17) is 10.5 Å². The predicted octanol–water partition coefficient (Wildman–Crippen LogP) is 2.44. The van der Waals surface area contributed by atoms with Crippen molar-refractivity contribution in [3.05, 3.63) is 29.8 Å². The lowest BCUT2D eigenvalue weighted by molar-refractivity contribution is -0.122. The number of amides is 3. The number of nitrogens with zero attached hydrogens (tertiary/aromatic N) is 1. The number of piperidine rings is 1. The molecule has 26 heavy (non-hydrogen) atoms. The molecule has 2 rings (SSSR count). The van der Waals surface area contributed by atoms with Gasteiger partial charge in [-0.3, -0.25) is 14.5 Å². The van der Waals surface area contributed by atoms with E-state index in [1.54, 1.807) is 45.0 Å². The molecule has 0 aliphatic carbocycles. The highest BCUT2D eigenvalue weighted by molar-refractivity contribution is 5.96. The van der Waals surface area contributed by atoms with E-state index in [0.717, 1.165) is 18.4 Å². The Labute approximate surface area is 153 Å². The van der Waals surface area contributed by atoms with Crippen molar-refractivity contribution in [2.75, 3.05) is 11.9 Å². The average Bonchev–Trinajstić information content (AvgIpc) is 2.54. The third kappa shape index (κ3) is 5.75. The van der Waals surface area contributed by atoms with Crippen LogP contribution in [0, 0.1) is 0 Å². The SMILES string of the molecule is CC(C)(C)OC(=O)N1CCCC[C@@H]1C(=O)Nc1ccc(CC(N)=O)cc1. The number of nitrogens with two attached hydrogens (primary N) is 1. The van der Waals surface area contributed by atoms with Crippen LogP contribution in [0.5, 0.6) is 0 Å². The third-order valence-corrected chi connectivity index (χ3v) is 4.03. The highest BCUT2D eigenvalue weighted by Crippen LogP contribution is 2.22. The summed E-state index contributed by atoms with van der Waals surface area (Å²) >= 11 is 0. The predicted molar refractivity (Wildman–Crippen MR) is 98.5 cm³/mol. The molecule has 1 saturated heterocycles. The summed E-state index contributed by atoms with van der Waals surface area (Å²) in [5.74, 6) is -0.643. The van der Waals surface area contributed by atoms with Crippen LogP contribution in [0.1, 0.15) is 45.6 Å². The van der Waals surface area contributed by atoms with Gasteiger partial charge in [0.25, 0.3) is 0 Å². The molecule has 0 aromatic heterocycles. The molecule has 0 saturated carbocycles. The van der Waals surface area contributed by atoms with Gasteiger partial charge in [-0.05, 0) is 57.7 Å². The largest absolute Gasteiger partial charge is 0.444 e. The molecule has 1 aliphatic rings. The van der Waals surface area contributed by atoms with Crippen LogP contribution in [0.4, 0.5) is 10.5 Å². The van der Waals surface area contributed by atoms with Crippen LogP contribution >= 0.6 is 0 Å². The minimum Gasteiger partial charge on any atom is -0.444 e. The third-order valence-electron chi connectivity index (χ3n) is 4.03. The molecule has 0 radical (unpaired) electrons. The average molecular weight is 361 g/mol. The number of likely N-dealkylation sites (tertiary alicyclic amines) is 1. The van der Waals surface area contributed by atoms with Crippen molar-refractivity contribution in [3.8, 4) is 0 Å². The zero-order valence-electron chi connectivity index (χ0n) is 15.6. The van der Waals surface area contributed by atoms with Gasteiger partial charge in [0.05, 0.1) is 6.42 Å². The summed E-state index contributed by atoms with van der Waals surface area (Å²) in [6.45, 7) is 5.91. The number of anilines is 1. The smallest absolute Gasteiger partial charge is 0.410 e. The molecule has 3 amide bonds. The van der Waals surface area contributed by atoms with Crippen molar-refractivity contribution >= 4 is 23.6 Å². The van der Waals surface area contributed by atoms with Crippen molar-refractivity contribution in [2.45, 2.75) is 58.1 Å². The number of hydrogen-bond donors (Lipinski definition) is 2. The van der Waals surface area contributed by atoms with Crippen molar-refractivity contribution in [3.63, 3.8) is 0 Å². The number of ether oxygens (including phenoxy) is 1. The molecule has 142 valence electrons. The van der Waals surface area contributed by atoms with Gasteiger partial charge < -0.3 is 15.8 Å². The van der Waals surface area contributed by atoms with Crippen LogP contribution in [-0.4, -0.2) is 41.0 Å². The van der Waals surface area contributed by atoms with E-state index in [9.17, 15) is 14.4 Å². The van der Waals surface area contributed by atoms with E-state index in [1.165, 1.54) is 4.90 Å². The number of primary amides is 1. The van der Waals surface area contributed by atoms with Crippen molar-refractivity contribution in [1.29, 1.82) is 0 Å². The monoisotopic (exact) mass is 361 g/mol. The summed E-state index contributed by atoms with van der Waals surface area (Å²) in [7, 11) is 0. The second-order valence-corrected chi connectivity index (χ2v) is 7.51. The Morgan fingerprint density at radius 2 is 1.85 bits per heavy atom. The summed E-state index contributed by atoms with van der Waals surface area (Å²) < 4.78 is 5.42. The van der Waals surface area contributed by atoms with Gasteiger partial charge in [-0.1, -0.05) is 12.1 Å². The number of carbonyl (C=O) groups excluding carboxylic acids is 3. The minimum absolute atomic E-state index is 0.156. The molecule has 1 aromatic carbocycles. The summed E-state index contributed by atoms with van der Waals surface area (Å²) in [4.78, 5) is 37.5. The second kappa shape index (κ2) is 8.21. The van der Waals surface area contributed by atoms with Gasteiger partial charge in [0.2, 0.25) is 11.8 Å².